The Balaban J connectivity index is 2.66. The minimum atomic E-state index is 0.695. The lowest BCUT2D eigenvalue weighted by molar-refractivity contribution is 0.114. The second-order valence-electron chi connectivity index (χ2n) is 5.59. The van der Waals surface area contributed by atoms with Gasteiger partial charge in [-0.15, -0.1) is 0 Å². The third-order valence-corrected chi connectivity index (χ3v) is 4.64. The molecule has 0 radical (unpaired) electrons. The van der Waals surface area contributed by atoms with Crippen LogP contribution in [0.15, 0.2) is 0 Å². The third kappa shape index (κ3) is 4.26. The first-order valence-corrected chi connectivity index (χ1v) is 7.63. The van der Waals surface area contributed by atoms with E-state index < -0.39 is 0 Å². The summed E-state index contributed by atoms with van der Waals surface area (Å²) in [5, 5.41) is 3.56. The fraction of sp³-hybridized carbons (Fsp3) is 1.00. The molecule has 1 aliphatic carbocycles. The topological polar surface area (TPSA) is 15.3 Å². The van der Waals surface area contributed by atoms with E-state index in [0.29, 0.717) is 6.04 Å². The summed E-state index contributed by atoms with van der Waals surface area (Å²) in [6.07, 6.45) is 11.0. The molecule has 1 saturated carbocycles. The van der Waals surface area contributed by atoms with Crippen molar-refractivity contribution in [2.75, 3.05) is 14.1 Å². The van der Waals surface area contributed by atoms with Crippen LogP contribution in [0.25, 0.3) is 0 Å². The molecule has 2 atom stereocenters. The predicted molar refractivity (Wildman–Crippen MR) is 76.5 cm³/mol. The summed E-state index contributed by atoms with van der Waals surface area (Å²) in [4.78, 5) is 2.66. The first-order chi connectivity index (χ1) is 8.24. The van der Waals surface area contributed by atoms with Crippen LogP contribution in [0.1, 0.15) is 65.2 Å². The Bertz CT molecular complexity index is 189. The number of hydrogen-bond acceptors (Lipinski definition) is 2. The van der Waals surface area contributed by atoms with Crippen molar-refractivity contribution in [1.29, 1.82) is 0 Å². The molecule has 1 N–H and O–H groups in total. The number of rotatable bonds is 5. The molecule has 0 saturated heterocycles. The van der Waals surface area contributed by atoms with Crippen LogP contribution < -0.4 is 5.32 Å². The van der Waals surface area contributed by atoms with Crippen molar-refractivity contribution in [2.45, 2.75) is 83.3 Å². The van der Waals surface area contributed by atoms with Gasteiger partial charge in [-0.2, -0.15) is 0 Å². The molecule has 0 aromatic heterocycles. The van der Waals surface area contributed by atoms with E-state index in [2.05, 4.69) is 38.2 Å². The molecule has 1 aliphatic rings. The van der Waals surface area contributed by atoms with Crippen LogP contribution in [0.4, 0.5) is 0 Å². The molecule has 0 bridgehead atoms. The van der Waals surface area contributed by atoms with Crippen LogP contribution >= 0.6 is 0 Å². The second-order valence-corrected chi connectivity index (χ2v) is 5.59. The highest BCUT2D eigenvalue weighted by atomic mass is 15.2. The van der Waals surface area contributed by atoms with Crippen molar-refractivity contribution in [3.63, 3.8) is 0 Å². The molecule has 17 heavy (non-hydrogen) atoms. The summed E-state index contributed by atoms with van der Waals surface area (Å²) in [5.74, 6) is 0. The Hall–Kier alpha value is -0.0800. The van der Waals surface area contributed by atoms with Crippen molar-refractivity contribution in [3.8, 4) is 0 Å². The maximum atomic E-state index is 3.56. The zero-order valence-corrected chi connectivity index (χ0v) is 12.3. The highest BCUT2D eigenvalue weighted by molar-refractivity contribution is 4.86. The molecule has 102 valence electrons. The van der Waals surface area contributed by atoms with Gasteiger partial charge in [-0.3, -0.25) is 4.90 Å². The molecular weight excluding hydrogens is 208 g/mol. The Labute approximate surface area is 108 Å². The molecule has 0 aliphatic heterocycles. The van der Waals surface area contributed by atoms with Gasteiger partial charge in [-0.25, -0.2) is 0 Å². The van der Waals surface area contributed by atoms with Crippen LogP contribution in [0.5, 0.6) is 0 Å². The lowest BCUT2D eigenvalue weighted by Crippen LogP contribution is -2.51. The molecule has 2 heteroatoms. The zero-order chi connectivity index (χ0) is 12.7. The van der Waals surface area contributed by atoms with Gasteiger partial charge < -0.3 is 5.32 Å². The monoisotopic (exact) mass is 240 g/mol. The van der Waals surface area contributed by atoms with Crippen molar-refractivity contribution < 1.29 is 0 Å². The lowest BCUT2D eigenvalue weighted by atomic mass is 9.90. The van der Waals surface area contributed by atoms with E-state index in [1.54, 1.807) is 0 Å². The summed E-state index contributed by atoms with van der Waals surface area (Å²) in [6.45, 7) is 4.64. The Morgan fingerprint density at radius 3 is 2.18 bits per heavy atom. The average molecular weight is 240 g/mol. The van der Waals surface area contributed by atoms with E-state index in [1.165, 1.54) is 51.4 Å². The van der Waals surface area contributed by atoms with E-state index in [0.717, 1.165) is 12.1 Å². The molecule has 0 amide bonds. The third-order valence-electron chi connectivity index (χ3n) is 4.64. The van der Waals surface area contributed by atoms with E-state index in [9.17, 15) is 0 Å². The average Bonchev–Trinajstić information content (AvgIpc) is 2.30. The second kappa shape index (κ2) is 8.10. The smallest absolute Gasteiger partial charge is 0.0249 e. The summed E-state index contributed by atoms with van der Waals surface area (Å²) in [5.41, 5.74) is 0. The Morgan fingerprint density at radius 2 is 1.65 bits per heavy atom. The molecular formula is C15H32N2. The van der Waals surface area contributed by atoms with Gasteiger partial charge in [0, 0.05) is 18.1 Å². The van der Waals surface area contributed by atoms with E-state index >= 15 is 0 Å². The zero-order valence-electron chi connectivity index (χ0n) is 12.3. The van der Waals surface area contributed by atoms with Gasteiger partial charge in [0.15, 0.2) is 0 Å². The summed E-state index contributed by atoms with van der Waals surface area (Å²) in [6, 6.07) is 2.20. The van der Waals surface area contributed by atoms with Gasteiger partial charge in [0.2, 0.25) is 0 Å². The Morgan fingerprint density at radius 1 is 1.06 bits per heavy atom. The predicted octanol–water partition coefficient (Wildman–Crippen LogP) is 3.42. The quantitative estimate of drug-likeness (QED) is 0.792. The first kappa shape index (κ1) is 15.0. The van der Waals surface area contributed by atoms with Gasteiger partial charge >= 0.3 is 0 Å². The van der Waals surface area contributed by atoms with Crippen LogP contribution in [0, 0.1) is 0 Å². The van der Waals surface area contributed by atoms with Crippen LogP contribution in [0.2, 0.25) is 0 Å². The van der Waals surface area contributed by atoms with Gasteiger partial charge in [-0.1, -0.05) is 39.5 Å². The SMILES string of the molecule is CCC(CC)N(C)C1CCCCCCC1NC. The minimum Gasteiger partial charge on any atom is -0.315 e. The highest BCUT2D eigenvalue weighted by Crippen LogP contribution is 2.23. The fourth-order valence-corrected chi connectivity index (χ4v) is 3.42. The van der Waals surface area contributed by atoms with Crippen molar-refractivity contribution in [2.24, 2.45) is 0 Å². The molecule has 0 spiro atoms. The minimum absolute atomic E-state index is 0.695. The molecule has 1 rings (SSSR count). The van der Waals surface area contributed by atoms with Gasteiger partial charge in [-0.05, 0) is 39.8 Å². The maximum Gasteiger partial charge on any atom is 0.0249 e. The molecule has 2 nitrogen and oxygen atoms in total. The van der Waals surface area contributed by atoms with Gasteiger partial charge in [0.25, 0.3) is 0 Å². The first-order valence-electron chi connectivity index (χ1n) is 7.63. The van der Waals surface area contributed by atoms with Crippen molar-refractivity contribution in [1.82, 2.24) is 10.2 Å². The van der Waals surface area contributed by atoms with Gasteiger partial charge in [0.1, 0.15) is 0 Å². The molecule has 1 fully saturated rings. The van der Waals surface area contributed by atoms with Crippen molar-refractivity contribution in [3.05, 3.63) is 0 Å². The maximum absolute atomic E-state index is 3.56. The number of nitrogens with one attached hydrogen (secondary N) is 1. The molecule has 0 aromatic carbocycles. The number of likely N-dealkylation sites (N-methyl/N-ethyl adjacent to an activating group) is 2. The largest absolute Gasteiger partial charge is 0.315 e. The summed E-state index contributed by atoms with van der Waals surface area (Å²) >= 11 is 0. The Kier molecular flexibility index (Phi) is 7.14. The summed E-state index contributed by atoms with van der Waals surface area (Å²) in [7, 11) is 4.48. The fourth-order valence-electron chi connectivity index (χ4n) is 3.42. The van der Waals surface area contributed by atoms with Crippen LogP contribution in [0.3, 0.4) is 0 Å². The van der Waals surface area contributed by atoms with Crippen LogP contribution in [-0.4, -0.2) is 37.1 Å². The van der Waals surface area contributed by atoms with Gasteiger partial charge in [0.05, 0.1) is 0 Å². The molecule has 2 unspecified atom stereocenters. The molecule has 0 aromatic rings. The number of nitrogens with zero attached hydrogens (tertiary/aromatic N) is 1. The van der Waals surface area contributed by atoms with Crippen molar-refractivity contribution >= 4 is 0 Å². The number of hydrogen-bond donors (Lipinski definition) is 1. The normalized spacial score (nSPS) is 27.2. The van der Waals surface area contributed by atoms with Crippen LogP contribution in [-0.2, 0) is 0 Å². The van der Waals surface area contributed by atoms with E-state index in [-0.39, 0.29) is 0 Å². The molecule has 0 heterocycles. The lowest BCUT2D eigenvalue weighted by Gasteiger charge is -2.40. The summed E-state index contributed by atoms with van der Waals surface area (Å²) < 4.78 is 0. The highest BCUT2D eigenvalue weighted by Gasteiger charge is 2.27. The standard InChI is InChI=1S/C15H32N2/c1-5-13(6-2)17(4)15-12-10-8-7-9-11-14(15)16-3/h13-16H,5-12H2,1-4H3. The van der Waals surface area contributed by atoms with E-state index in [1.807, 2.05) is 0 Å². The van der Waals surface area contributed by atoms with E-state index in [4.69, 9.17) is 0 Å².